The molecule has 1 aromatic heterocycles. The average molecular weight is 302 g/mol. The monoisotopic (exact) mass is 302 g/mol. The number of rotatable bonds is 6. The van der Waals surface area contributed by atoms with Gasteiger partial charge in [-0.15, -0.1) is 5.10 Å². The minimum Gasteiger partial charge on any atom is -0.350 e. The van der Waals surface area contributed by atoms with Gasteiger partial charge in [-0.3, -0.25) is 4.79 Å². The third-order valence-electron chi connectivity index (χ3n) is 3.08. The molecule has 0 unspecified atom stereocenters. The molecule has 1 aliphatic rings. The van der Waals surface area contributed by atoms with Crippen LogP contribution >= 0.6 is 0 Å². The van der Waals surface area contributed by atoms with E-state index in [1.807, 2.05) is 0 Å². The molecule has 9 nitrogen and oxygen atoms in total. The molecule has 0 atom stereocenters. The van der Waals surface area contributed by atoms with E-state index in [1.54, 1.807) is 10.9 Å². The van der Waals surface area contributed by atoms with Crippen LogP contribution in [-0.4, -0.2) is 73.1 Å². The van der Waals surface area contributed by atoms with Crippen molar-refractivity contribution in [3.8, 4) is 0 Å². The molecule has 0 spiro atoms. The summed E-state index contributed by atoms with van der Waals surface area (Å²) >= 11 is 0. The van der Waals surface area contributed by atoms with Crippen LogP contribution in [0.3, 0.4) is 0 Å². The van der Waals surface area contributed by atoms with E-state index in [0.29, 0.717) is 0 Å². The van der Waals surface area contributed by atoms with E-state index in [4.69, 9.17) is 0 Å². The molecular formula is C10H18N6O3S. The normalized spacial score (nSPS) is 16.1. The highest BCUT2D eigenvalue weighted by Crippen LogP contribution is 2.09. The molecule has 10 heteroatoms. The fourth-order valence-corrected chi connectivity index (χ4v) is 2.31. The highest BCUT2D eigenvalue weighted by Gasteiger charge is 2.22. The minimum atomic E-state index is -3.31. The van der Waals surface area contributed by atoms with E-state index in [0.717, 1.165) is 17.4 Å². The summed E-state index contributed by atoms with van der Waals surface area (Å²) in [5.74, 6) is -0.565. The SMILES string of the molecule is CN(C)S(=O)(=O)CCNC(=O)c1cn(C2CNC2)nn1. The highest BCUT2D eigenvalue weighted by molar-refractivity contribution is 7.89. The number of carbonyl (C=O) groups excluding carboxylic acids is 1. The van der Waals surface area contributed by atoms with Crippen molar-refractivity contribution < 1.29 is 13.2 Å². The van der Waals surface area contributed by atoms with Crippen molar-refractivity contribution in [1.29, 1.82) is 0 Å². The number of nitrogens with zero attached hydrogens (tertiary/aromatic N) is 4. The van der Waals surface area contributed by atoms with Gasteiger partial charge >= 0.3 is 0 Å². The predicted octanol–water partition coefficient (Wildman–Crippen LogP) is -1.96. The van der Waals surface area contributed by atoms with Crippen LogP contribution in [0.25, 0.3) is 0 Å². The molecule has 0 saturated carbocycles. The number of hydrogen-bond acceptors (Lipinski definition) is 6. The van der Waals surface area contributed by atoms with Gasteiger partial charge in [0.2, 0.25) is 10.0 Å². The van der Waals surface area contributed by atoms with Gasteiger partial charge in [0.25, 0.3) is 5.91 Å². The maximum atomic E-state index is 11.8. The lowest BCUT2D eigenvalue weighted by Crippen LogP contribution is -2.43. The topological polar surface area (TPSA) is 109 Å². The molecule has 2 heterocycles. The largest absolute Gasteiger partial charge is 0.350 e. The van der Waals surface area contributed by atoms with E-state index >= 15 is 0 Å². The van der Waals surface area contributed by atoms with Crippen molar-refractivity contribution in [3.63, 3.8) is 0 Å². The summed E-state index contributed by atoms with van der Waals surface area (Å²) in [6, 6.07) is 0.234. The molecule has 2 N–H and O–H groups in total. The molecule has 2 rings (SSSR count). The van der Waals surface area contributed by atoms with Crippen LogP contribution in [0.2, 0.25) is 0 Å². The Labute approximate surface area is 117 Å². The molecule has 0 aromatic carbocycles. The Kier molecular flexibility index (Phi) is 4.35. The Morgan fingerprint density at radius 3 is 2.80 bits per heavy atom. The second-order valence-electron chi connectivity index (χ2n) is 4.75. The fraction of sp³-hybridized carbons (Fsp3) is 0.700. The lowest BCUT2D eigenvalue weighted by atomic mass is 10.2. The Morgan fingerprint density at radius 1 is 1.55 bits per heavy atom. The molecule has 1 fully saturated rings. The van der Waals surface area contributed by atoms with E-state index in [-0.39, 0.29) is 24.0 Å². The molecule has 1 aliphatic heterocycles. The molecule has 0 radical (unpaired) electrons. The molecule has 1 aromatic rings. The van der Waals surface area contributed by atoms with Gasteiger partial charge in [-0.1, -0.05) is 5.21 Å². The summed E-state index contributed by atoms with van der Waals surface area (Å²) in [4.78, 5) is 11.8. The number of carbonyl (C=O) groups is 1. The molecule has 1 amide bonds. The first-order valence-electron chi connectivity index (χ1n) is 6.21. The summed E-state index contributed by atoms with van der Waals surface area (Å²) in [6.07, 6.45) is 1.57. The highest BCUT2D eigenvalue weighted by atomic mass is 32.2. The van der Waals surface area contributed by atoms with Crippen LogP contribution in [0.5, 0.6) is 0 Å². The van der Waals surface area contributed by atoms with Gasteiger partial charge in [-0.25, -0.2) is 17.4 Å². The van der Waals surface area contributed by atoms with Gasteiger partial charge in [0, 0.05) is 33.7 Å². The number of hydrogen-bond donors (Lipinski definition) is 2. The number of nitrogens with one attached hydrogen (secondary N) is 2. The maximum Gasteiger partial charge on any atom is 0.273 e. The zero-order chi connectivity index (χ0) is 14.8. The summed E-state index contributed by atoms with van der Waals surface area (Å²) in [7, 11) is -0.402. The molecule has 1 saturated heterocycles. The second-order valence-corrected chi connectivity index (χ2v) is 7.05. The zero-order valence-corrected chi connectivity index (χ0v) is 12.2. The average Bonchev–Trinajstić information content (AvgIpc) is 2.75. The van der Waals surface area contributed by atoms with E-state index in [9.17, 15) is 13.2 Å². The van der Waals surface area contributed by atoms with Crippen molar-refractivity contribution in [2.45, 2.75) is 6.04 Å². The van der Waals surface area contributed by atoms with Crippen LogP contribution in [0.4, 0.5) is 0 Å². The van der Waals surface area contributed by atoms with Crippen LogP contribution in [0, 0.1) is 0 Å². The lowest BCUT2D eigenvalue weighted by molar-refractivity contribution is 0.0951. The van der Waals surface area contributed by atoms with Gasteiger partial charge in [0.1, 0.15) is 0 Å². The molecule has 0 bridgehead atoms. The minimum absolute atomic E-state index is 0.0389. The number of amides is 1. The fourth-order valence-electron chi connectivity index (χ4n) is 1.59. The van der Waals surface area contributed by atoms with Gasteiger partial charge in [-0.2, -0.15) is 0 Å². The van der Waals surface area contributed by atoms with Crippen molar-refractivity contribution in [3.05, 3.63) is 11.9 Å². The summed E-state index contributed by atoms with van der Waals surface area (Å²) in [6.45, 7) is 1.66. The Morgan fingerprint density at radius 2 is 2.25 bits per heavy atom. The third kappa shape index (κ3) is 3.32. The van der Waals surface area contributed by atoms with Crippen molar-refractivity contribution in [2.24, 2.45) is 0 Å². The third-order valence-corrected chi connectivity index (χ3v) is 4.91. The Bertz CT molecular complexity index is 578. The van der Waals surface area contributed by atoms with Crippen LogP contribution < -0.4 is 10.6 Å². The van der Waals surface area contributed by atoms with Crippen molar-refractivity contribution in [2.75, 3.05) is 39.5 Å². The van der Waals surface area contributed by atoms with Crippen LogP contribution in [-0.2, 0) is 10.0 Å². The van der Waals surface area contributed by atoms with Crippen LogP contribution in [0.15, 0.2) is 6.20 Å². The maximum absolute atomic E-state index is 11.8. The Balaban J connectivity index is 1.84. The van der Waals surface area contributed by atoms with E-state index in [2.05, 4.69) is 20.9 Å². The van der Waals surface area contributed by atoms with E-state index in [1.165, 1.54) is 14.1 Å². The first kappa shape index (κ1) is 14.9. The van der Waals surface area contributed by atoms with Crippen molar-refractivity contribution in [1.82, 2.24) is 29.9 Å². The summed E-state index contributed by atoms with van der Waals surface area (Å²) in [5.41, 5.74) is 0.194. The first-order chi connectivity index (χ1) is 9.40. The molecular weight excluding hydrogens is 284 g/mol. The van der Waals surface area contributed by atoms with Gasteiger partial charge < -0.3 is 10.6 Å². The number of aromatic nitrogens is 3. The predicted molar refractivity (Wildman–Crippen MR) is 71.7 cm³/mol. The smallest absolute Gasteiger partial charge is 0.273 e. The lowest BCUT2D eigenvalue weighted by Gasteiger charge is -2.26. The Hall–Kier alpha value is -1.52. The molecule has 0 aliphatic carbocycles. The number of sulfonamides is 1. The first-order valence-corrected chi connectivity index (χ1v) is 7.82. The van der Waals surface area contributed by atoms with Crippen LogP contribution in [0.1, 0.15) is 16.5 Å². The summed E-state index contributed by atoms with van der Waals surface area (Å²) < 4.78 is 25.8. The second kappa shape index (κ2) is 5.85. The quantitative estimate of drug-likeness (QED) is 0.632. The molecule has 112 valence electrons. The standard InChI is InChI=1S/C10H18N6O3S/c1-15(2)20(18,19)4-3-12-10(17)9-7-16(14-13-9)8-5-11-6-8/h7-8,11H,3-6H2,1-2H3,(H,12,17). The molecule has 20 heavy (non-hydrogen) atoms. The van der Waals surface area contributed by atoms with E-state index < -0.39 is 15.9 Å². The van der Waals surface area contributed by atoms with Gasteiger partial charge in [0.15, 0.2) is 5.69 Å². The zero-order valence-electron chi connectivity index (χ0n) is 11.4. The summed E-state index contributed by atoms with van der Waals surface area (Å²) in [5, 5.41) is 13.3. The van der Waals surface area contributed by atoms with Gasteiger partial charge in [-0.05, 0) is 0 Å². The van der Waals surface area contributed by atoms with Gasteiger partial charge in [0.05, 0.1) is 18.0 Å². The van der Waals surface area contributed by atoms with Crippen molar-refractivity contribution >= 4 is 15.9 Å².